The summed E-state index contributed by atoms with van der Waals surface area (Å²) in [6.45, 7) is 5.08. The van der Waals surface area contributed by atoms with Crippen molar-refractivity contribution >= 4 is 28.5 Å². The van der Waals surface area contributed by atoms with Crippen molar-refractivity contribution in [2.75, 3.05) is 5.75 Å². The highest BCUT2D eigenvalue weighted by molar-refractivity contribution is 8.14. The van der Waals surface area contributed by atoms with E-state index in [1.165, 1.54) is 0 Å². The van der Waals surface area contributed by atoms with Gasteiger partial charge in [0.15, 0.2) is 5.17 Å². The number of nitrogens with zero attached hydrogens (tertiary/aromatic N) is 1. The van der Waals surface area contributed by atoms with Crippen LogP contribution in [0.1, 0.15) is 25.8 Å². The van der Waals surface area contributed by atoms with Crippen molar-refractivity contribution in [1.29, 1.82) is 0 Å². The number of halogens is 1. The van der Waals surface area contributed by atoms with Crippen molar-refractivity contribution in [3.8, 4) is 0 Å². The Morgan fingerprint density at radius 3 is 2.88 bits per heavy atom. The molecule has 1 aliphatic heterocycles. The van der Waals surface area contributed by atoms with E-state index in [0.717, 1.165) is 27.9 Å². The van der Waals surface area contributed by atoms with Crippen LogP contribution >= 0.6 is 23.4 Å². The lowest BCUT2D eigenvalue weighted by Crippen LogP contribution is -2.39. The molecule has 1 unspecified atom stereocenters. The van der Waals surface area contributed by atoms with E-state index in [1.54, 1.807) is 11.8 Å². The summed E-state index contributed by atoms with van der Waals surface area (Å²) >= 11 is 7.89. The predicted molar refractivity (Wildman–Crippen MR) is 76.9 cm³/mol. The van der Waals surface area contributed by atoms with Gasteiger partial charge in [-0.2, -0.15) is 0 Å². The first-order valence-corrected chi connectivity index (χ1v) is 7.18. The molecule has 2 nitrogen and oxygen atoms in total. The van der Waals surface area contributed by atoms with Crippen molar-refractivity contribution in [2.45, 2.75) is 32.4 Å². The summed E-state index contributed by atoms with van der Waals surface area (Å²) in [4.78, 5) is 4.58. The van der Waals surface area contributed by atoms with Crippen LogP contribution in [0.25, 0.3) is 0 Å². The zero-order chi connectivity index (χ0) is 12.3. The highest BCUT2D eigenvalue weighted by Crippen LogP contribution is 2.26. The molecule has 1 aromatic carbocycles. The normalized spacial score (nSPS) is 26.2. The van der Waals surface area contributed by atoms with Gasteiger partial charge in [0.1, 0.15) is 0 Å². The lowest BCUT2D eigenvalue weighted by Gasteiger charge is -2.20. The monoisotopic (exact) mass is 268 g/mol. The van der Waals surface area contributed by atoms with Crippen LogP contribution in [0.3, 0.4) is 0 Å². The minimum atomic E-state index is 0.198. The van der Waals surface area contributed by atoms with Crippen molar-refractivity contribution in [1.82, 2.24) is 5.32 Å². The number of benzene rings is 1. The molecule has 0 saturated carbocycles. The maximum atomic E-state index is 6.10. The number of aliphatic imine (C=N–C) groups is 1. The molecule has 1 aromatic rings. The van der Waals surface area contributed by atoms with E-state index in [9.17, 15) is 0 Å². The van der Waals surface area contributed by atoms with Crippen LogP contribution in [-0.2, 0) is 6.54 Å². The second-order valence-corrected chi connectivity index (χ2v) is 5.91. The van der Waals surface area contributed by atoms with Crippen molar-refractivity contribution in [3.63, 3.8) is 0 Å². The maximum Gasteiger partial charge on any atom is 0.157 e. The highest BCUT2D eigenvalue weighted by Gasteiger charge is 2.30. The van der Waals surface area contributed by atoms with E-state index in [0.29, 0.717) is 6.54 Å². The third kappa shape index (κ3) is 3.17. The molecule has 0 bridgehead atoms. The molecule has 0 spiro atoms. The lowest BCUT2D eigenvalue weighted by molar-refractivity contribution is 0.466. The van der Waals surface area contributed by atoms with Gasteiger partial charge in [-0.15, -0.1) is 0 Å². The van der Waals surface area contributed by atoms with E-state index in [4.69, 9.17) is 11.6 Å². The molecule has 1 fully saturated rings. The van der Waals surface area contributed by atoms with Crippen LogP contribution in [0.4, 0.5) is 0 Å². The number of hydrogen-bond donors (Lipinski definition) is 1. The average Bonchev–Trinajstić information content (AvgIpc) is 2.71. The van der Waals surface area contributed by atoms with Crippen LogP contribution in [0.2, 0.25) is 5.02 Å². The van der Waals surface area contributed by atoms with Gasteiger partial charge in [-0.1, -0.05) is 48.5 Å². The fraction of sp³-hybridized carbons (Fsp3) is 0.462. The van der Waals surface area contributed by atoms with E-state index in [-0.39, 0.29) is 5.54 Å². The summed E-state index contributed by atoms with van der Waals surface area (Å²) in [6, 6.07) is 7.86. The van der Waals surface area contributed by atoms with E-state index < -0.39 is 0 Å². The van der Waals surface area contributed by atoms with Gasteiger partial charge in [-0.05, 0) is 25.0 Å². The average molecular weight is 269 g/mol. The molecule has 1 atom stereocenters. The van der Waals surface area contributed by atoms with Gasteiger partial charge >= 0.3 is 0 Å². The zero-order valence-electron chi connectivity index (χ0n) is 10.2. The largest absolute Gasteiger partial charge is 0.359 e. The van der Waals surface area contributed by atoms with Crippen molar-refractivity contribution < 1.29 is 0 Å². The minimum Gasteiger partial charge on any atom is -0.359 e. The van der Waals surface area contributed by atoms with Gasteiger partial charge in [-0.25, -0.2) is 0 Å². The highest BCUT2D eigenvalue weighted by atomic mass is 35.5. The summed E-state index contributed by atoms with van der Waals surface area (Å²) in [5.74, 6) is 1.09. The standard InChI is InChI=1S/C13H17ClN2S/c1-3-13(2)9-17-12(16-13)15-8-10-6-4-5-7-11(10)14/h4-7H,3,8-9H2,1-2H3,(H,15,16). The maximum absolute atomic E-state index is 6.10. The van der Waals surface area contributed by atoms with Gasteiger partial charge < -0.3 is 5.32 Å². The van der Waals surface area contributed by atoms with Crippen LogP contribution in [0, 0.1) is 0 Å². The molecule has 1 N–H and O–H groups in total. The third-order valence-electron chi connectivity index (χ3n) is 3.07. The molecule has 4 heteroatoms. The molecule has 0 radical (unpaired) electrons. The first kappa shape index (κ1) is 12.8. The van der Waals surface area contributed by atoms with Gasteiger partial charge in [-0.3, -0.25) is 4.99 Å². The fourth-order valence-electron chi connectivity index (χ4n) is 1.62. The lowest BCUT2D eigenvalue weighted by atomic mass is 10.0. The molecular formula is C13H17ClN2S. The number of rotatable bonds is 3. The van der Waals surface area contributed by atoms with Gasteiger partial charge in [0.25, 0.3) is 0 Å². The predicted octanol–water partition coefficient (Wildman–Crippen LogP) is 3.70. The molecule has 0 aliphatic carbocycles. The number of thioether (sulfide) groups is 1. The molecular weight excluding hydrogens is 252 g/mol. The quantitative estimate of drug-likeness (QED) is 0.904. The molecule has 1 heterocycles. The smallest absolute Gasteiger partial charge is 0.157 e. The van der Waals surface area contributed by atoms with Gasteiger partial charge in [0.2, 0.25) is 0 Å². The van der Waals surface area contributed by atoms with Crippen LogP contribution in [-0.4, -0.2) is 16.5 Å². The second-order valence-electron chi connectivity index (χ2n) is 4.54. The van der Waals surface area contributed by atoms with Crippen molar-refractivity contribution in [3.05, 3.63) is 34.9 Å². The third-order valence-corrected chi connectivity index (χ3v) is 4.72. The number of amidine groups is 1. The van der Waals surface area contributed by atoms with Crippen LogP contribution < -0.4 is 5.32 Å². The van der Waals surface area contributed by atoms with Gasteiger partial charge in [0, 0.05) is 16.3 Å². The zero-order valence-corrected chi connectivity index (χ0v) is 11.7. The summed E-state index contributed by atoms with van der Waals surface area (Å²) < 4.78 is 0. The fourth-order valence-corrected chi connectivity index (χ4v) is 3.02. The molecule has 0 amide bonds. The Kier molecular flexibility index (Phi) is 4.00. The van der Waals surface area contributed by atoms with E-state index in [1.807, 2.05) is 24.3 Å². The molecule has 1 aliphatic rings. The van der Waals surface area contributed by atoms with Crippen LogP contribution in [0.15, 0.2) is 29.3 Å². The Morgan fingerprint density at radius 1 is 1.47 bits per heavy atom. The summed E-state index contributed by atoms with van der Waals surface area (Å²) in [5.41, 5.74) is 1.28. The summed E-state index contributed by atoms with van der Waals surface area (Å²) in [5, 5.41) is 5.30. The second kappa shape index (κ2) is 5.32. The molecule has 17 heavy (non-hydrogen) atoms. The molecule has 1 saturated heterocycles. The number of hydrogen-bond acceptors (Lipinski definition) is 2. The summed E-state index contributed by atoms with van der Waals surface area (Å²) in [7, 11) is 0. The number of nitrogens with one attached hydrogen (secondary N) is 1. The first-order valence-electron chi connectivity index (χ1n) is 5.82. The topological polar surface area (TPSA) is 24.4 Å². The Bertz CT molecular complexity index is 433. The first-order chi connectivity index (χ1) is 8.13. The Hall–Kier alpha value is -0.670. The Balaban J connectivity index is 2.01. The Labute approximate surface area is 112 Å². The van der Waals surface area contributed by atoms with E-state index >= 15 is 0 Å². The molecule has 0 aromatic heterocycles. The SMILES string of the molecule is CCC1(C)CSC(=NCc2ccccc2Cl)N1. The molecule has 2 rings (SSSR count). The molecule has 92 valence electrons. The summed E-state index contributed by atoms with van der Waals surface area (Å²) in [6.07, 6.45) is 1.12. The minimum absolute atomic E-state index is 0.198. The van der Waals surface area contributed by atoms with Gasteiger partial charge in [0.05, 0.1) is 6.54 Å². The Morgan fingerprint density at radius 2 is 2.24 bits per heavy atom. The van der Waals surface area contributed by atoms with Crippen LogP contribution in [0.5, 0.6) is 0 Å². The van der Waals surface area contributed by atoms with Crippen molar-refractivity contribution in [2.24, 2.45) is 4.99 Å². The van der Waals surface area contributed by atoms with E-state index in [2.05, 4.69) is 24.2 Å².